The Morgan fingerprint density at radius 1 is 1.80 bits per heavy atom. The second-order valence-electron chi connectivity index (χ2n) is 2.53. The molecular formula is C6H14O2SSi. The van der Waals surface area contributed by atoms with E-state index in [-0.39, 0.29) is 11.2 Å². The molecular weight excluding hydrogens is 164 g/mol. The smallest absolute Gasteiger partial charge is 0.306 e. The van der Waals surface area contributed by atoms with Gasteiger partial charge in [-0.2, -0.15) is 12.6 Å². The van der Waals surface area contributed by atoms with Crippen molar-refractivity contribution >= 4 is 28.8 Å². The Morgan fingerprint density at radius 3 is 2.40 bits per heavy atom. The molecule has 0 aromatic rings. The number of rotatable bonds is 4. The number of carboxylic acids is 1. The van der Waals surface area contributed by atoms with Gasteiger partial charge in [-0.15, -0.1) is 0 Å². The van der Waals surface area contributed by atoms with Gasteiger partial charge in [-0.05, 0) is 11.7 Å². The minimum atomic E-state index is -0.670. The van der Waals surface area contributed by atoms with Crippen LogP contribution in [-0.4, -0.2) is 26.6 Å². The predicted molar refractivity (Wildman–Crippen MR) is 48.9 cm³/mol. The van der Waals surface area contributed by atoms with Crippen LogP contribution in [0.4, 0.5) is 0 Å². The van der Waals surface area contributed by atoms with E-state index >= 15 is 0 Å². The second-order valence-corrected chi connectivity index (χ2v) is 4.23. The fraction of sp³-hybridized carbons (Fsp3) is 0.833. The van der Waals surface area contributed by atoms with Crippen molar-refractivity contribution in [2.45, 2.75) is 24.6 Å². The number of aliphatic carboxylic acids is 1. The molecule has 0 saturated heterocycles. The zero-order chi connectivity index (χ0) is 8.15. The van der Waals surface area contributed by atoms with Crippen LogP contribution in [0, 0.1) is 5.92 Å². The molecule has 0 aromatic heterocycles. The lowest BCUT2D eigenvalue weighted by atomic mass is 10.1. The maximum absolute atomic E-state index is 10.5. The van der Waals surface area contributed by atoms with Crippen molar-refractivity contribution in [3.05, 3.63) is 0 Å². The van der Waals surface area contributed by atoms with Crippen molar-refractivity contribution in [1.29, 1.82) is 0 Å². The quantitative estimate of drug-likeness (QED) is 0.476. The highest BCUT2D eigenvalue weighted by atomic mass is 32.1. The Kier molecular flexibility index (Phi) is 4.81. The highest BCUT2D eigenvalue weighted by molar-refractivity contribution is 7.80. The fourth-order valence-corrected chi connectivity index (χ4v) is 1.79. The van der Waals surface area contributed by atoms with E-state index < -0.39 is 5.97 Å². The number of thiol groups is 1. The molecule has 0 amide bonds. The van der Waals surface area contributed by atoms with Crippen molar-refractivity contribution in [3.8, 4) is 0 Å². The van der Waals surface area contributed by atoms with Crippen molar-refractivity contribution in [2.75, 3.05) is 0 Å². The molecule has 0 fully saturated rings. The third kappa shape index (κ3) is 3.95. The van der Waals surface area contributed by atoms with Gasteiger partial charge < -0.3 is 5.11 Å². The molecule has 1 N–H and O–H groups in total. The lowest BCUT2D eigenvalue weighted by Gasteiger charge is -2.10. The van der Waals surface area contributed by atoms with Crippen molar-refractivity contribution < 1.29 is 9.90 Å². The van der Waals surface area contributed by atoms with Gasteiger partial charge in [-0.25, -0.2) is 0 Å². The summed E-state index contributed by atoms with van der Waals surface area (Å²) in [6.07, 6.45) is 0.696. The molecule has 0 heterocycles. The van der Waals surface area contributed by atoms with E-state index in [1.165, 1.54) is 0 Å². The number of carbonyl (C=O) groups is 1. The van der Waals surface area contributed by atoms with Crippen LogP contribution in [0.15, 0.2) is 0 Å². The molecule has 4 heteroatoms. The Balaban J connectivity index is 3.72. The number of hydrogen-bond donors (Lipinski definition) is 2. The Morgan fingerprint density at radius 2 is 2.30 bits per heavy atom. The molecule has 0 aliphatic carbocycles. The van der Waals surface area contributed by atoms with Gasteiger partial charge in [0.1, 0.15) is 0 Å². The average Bonchev–Trinajstić information content (AvgIpc) is 1.81. The molecule has 0 rings (SSSR count). The third-order valence-electron chi connectivity index (χ3n) is 1.47. The first-order valence-corrected chi connectivity index (χ1v) is 5.41. The Labute approximate surface area is 69.8 Å². The van der Waals surface area contributed by atoms with Crippen LogP contribution >= 0.6 is 12.6 Å². The minimum Gasteiger partial charge on any atom is -0.481 e. The summed E-state index contributed by atoms with van der Waals surface area (Å²) in [6.45, 7) is 1.93. The van der Waals surface area contributed by atoms with E-state index in [0.717, 1.165) is 16.3 Å². The molecule has 2 atom stereocenters. The van der Waals surface area contributed by atoms with Crippen molar-refractivity contribution in [2.24, 2.45) is 5.92 Å². The van der Waals surface area contributed by atoms with Crippen LogP contribution in [0.1, 0.15) is 13.3 Å². The first-order valence-electron chi connectivity index (χ1n) is 3.48. The summed E-state index contributed by atoms with van der Waals surface area (Å²) in [5, 5.41) is 8.81. The predicted octanol–water partition coefficient (Wildman–Crippen LogP) is 0.179. The van der Waals surface area contributed by atoms with Gasteiger partial charge in [0.2, 0.25) is 0 Å². The topological polar surface area (TPSA) is 37.3 Å². The van der Waals surface area contributed by atoms with Crippen molar-refractivity contribution in [1.82, 2.24) is 0 Å². The summed E-state index contributed by atoms with van der Waals surface area (Å²) in [6, 6.07) is 0.834. The maximum Gasteiger partial charge on any atom is 0.306 e. The van der Waals surface area contributed by atoms with Gasteiger partial charge in [0.05, 0.1) is 5.92 Å². The maximum atomic E-state index is 10.5. The molecule has 0 saturated carbocycles. The Bertz CT molecular complexity index is 116. The largest absolute Gasteiger partial charge is 0.481 e. The van der Waals surface area contributed by atoms with Gasteiger partial charge in [0.25, 0.3) is 0 Å². The molecule has 0 unspecified atom stereocenters. The zero-order valence-corrected chi connectivity index (χ0v) is 9.27. The summed E-state index contributed by atoms with van der Waals surface area (Å²) >= 11 is 4.14. The third-order valence-corrected chi connectivity index (χ3v) is 2.66. The van der Waals surface area contributed by atoms with E-state index in [9.17, 15) is 4.79 Å². The first kappa shape index (κ1) is 10.0. The average molecular weight is 178 g/mol. The summed E-state index contributed by atoms with van der Waals surface area (Å²) in [4.78, 5) is 10.5. The number of hydrogen-bond acceptors (Lipinski definition) is 2. The molecule has 0 aromatic carbocycles. The van der Waals surface area contributed by atoms with E-state index in [4.69, 9.17) is 5.11 Å². The van der Waals surface area contributed by atoms with Crippen LogP contribution < -0.4 is 0 Å². The lowest BCUT2D eigenvalue weighted by molar-refractivity contribution is -0.141. The monoisotopic (exact) mass is 178 g/mol. The summed E-state index contributed by atoms with van der Waals surface area (Å²) < 4.78 is 0. The van der Waals surface area contributed by atoms with E-state index in [0.29, 0.717) is 6.42 Å². The molecule has 0 bridgehead atoms. The lowest BCUT2D eigenvalue weighted by Crippen LogP contribution is -2.16. The zero-order valence-electron chi connectivity index (χ0n) is 6.37. The second kappa shape index (κ2) is 4.79. The van der Waals surface area contributed by atoms with Crippen LogP contribution in [0.25, 0.3) is 0 Å². The van der Waals surface area contributed by atoms with Gasteiger partial charge in [-0.1, -0.05) is 13.0 Å². The van der Waals surface area contributed by atoms with Crippen LogP contribution in [-0.2, 0) is 4.79 Å². The molecule has 2 nitrogen and oxygen atoms in total. The van der Waals surface area contributed by atoms with Crippen molar-refractivity contribution in [3.63, 3.8) is 0 Å². The highest BCUT2D eigenvalue weighted by Gasteiger charge is 2.15. The van der Waals surface area contributed by atoms with Crippen LogP contribution in [0.3, 0.4) is 0 Å². The van der Waals surface area contributed by atoms with Crippen LogP contribution in [0.5, 0.6) is 0 Å². The van der Waals surface area contributed by atoms with Gasteiger partial charge in [-0.3, -0.25) is 4.79 Å². The molecule has 0 radical (unpaired) electrons. The van der Waals surface area contributed by atoms with E-state index in [1.54, 1.807) is 0 Å². The fourth-order valence-electron chi connectivity index (χ4n) is 0.854. The van der Waals surface area contributed by atoms with E-state index in [1.807, 2.05) is 6.92 Å². The molecule has 0 aliphatic heterocycles. The SMILES string of the molecule is C[C@H](S)C[C@H](C[SiH3])C(=O)O. The van der Waals surface area contributed by atoms with E-state index in [2.05, 4.69) is 12.6 Å². The summed E-state index contributed by atoms with van der Waals surface area (Å²) in [7, 11) is 0.961. The minimum absolute atomic E-state index is 0.154. The molecule has 10 heavy (non-hydrogen) atoms. The molecule has 0 aliphatic rings. The molecule has 0 spiro atoms. The van der Waals surface area contributed by atoms with Gasteiger partial charge in [0.15, 0.2) is 0 Å². The number of carboxylic acid groups (broad SMARTS) is 1. The molecule has 60 valence electrons. The summed E-state index contributed by atoms with van der Waals surface area (Å²) in [5.74, 6) is -0.824. The van der Waals surface area contributed by atoms with Gasteiger partial charge >= 0.3 is 5.97 Å². The highest BCUT2D eigenvalue weighted by Crippen LogP contribution is 2.13. The summed E-state index contributed by atoms with van der Waals surface area (Å²) in [5.41, 5.74) is 0. The Hall–Kier alpha value is 0.0369. The first-order chi connectivity index (χ1) is 4.57. The standard InChI is InChI=1S/C6H14O2SSi/c1-4(9)2-5(3-10)6(7)8/h4-5,9H,2-3H2,1,10H3,(H,7,8)/t4-,5+/m0/s1. The van der Waals surface area contributed by atoms with Gasteiger partial charge in [0, 0.05) is 10.2 Å². The normalized spacial score (nSPS) is 16.6. The van der Waals surface area contributed by atoms with Crippen LogP contribution in [0.2, 0.25) is 6.04 Å².